The average molecular weight is 230 g/mol. The molecule has 3 heteroatoms. The molecule has 0 amide bonds. The van der Waals surface area contributed by atoms with Gasteiger partial charge in [-0.1, -0.05) is 13.3 Å². The van der Waals surface area contributed by atoms with Gasteiger partial charge in [-0.25, -0.2) is 9.78 Å². The molecule has 0 aromatic heterocycles. The minimum atomic E-state index is -0.487. The molecule has 0 atom stereocenters. The Bertz CT molecular complexity index is 190. The molecule has 1 aliphatic rings. The van der Waals surface area contributed by atoms with E-state index in [2.05, 4.69) is 6.92 Å². The summed E-state index contributed by atoms with van der Waals surface area (Å²) in [7, 11) is 0. The summed E-state index contributed by atoms with van der Waals surface area (Å²) in [5.74, 6) is -0.487. The van der Waals surface area contributed by atoms with Crippen molar-refractivity contribution in [3.8, 4) is 0 Å². The van der Waals surface area contributed by atoms with Crippen LogP contribution in [0.2, 0.25) is 0 Å². The largest absolute Gasteiger partial charge is 0.348 e. The Morgan fingerprint density at radius 3 is 2.19 bits per heavy atom. The molecule has 3 nitrogen and oxygen atoms in total. The highest BCUT2D eigenvalue weighted by atomic mass is 17.2. The maximum atomic E-state index is 5.76. The average Bonchev–Trinajstić information content (AvgIpc) is 2.29. The van der Waals surface area contributed by atoms with Crippen LogP contribution in [-0.4, -0.2) is 18.0 Å². The van der Waals surface area contributed by atoms with Crippen LogP contribution in [0.15, 0.2) is 0 Å². The number of rotatable bonds is 6. The highest BCUT2D eigenvalue weighted by molar-refractivity contribution is 4.74. The van der Waals surface area contributed by atoms with E-state index in [1.165, 1.54) is 6.42 Å². The van der Waals surface area contributed by atoms with Crippen molar-refractivity contribution >= 4 is 0 Å². The fourth-order valence-electron chi connectivity index (χ4n) is 1.85. The standard InChI is InChI=1S/C13H26O3/c1-5-12(3,4)15-16-13(14-6-2)10-8-7-9-11-13/h5-11H2,1-4H3. The molecule has 96 valence electrons. The lowest BCUT2D eigenvalue weighted by molar-refractivity contribution is -0.467. The normalized spacial score (nSPS) is 21.0. The molecule has 0 aliphatic heterocycles. The first-order valence-electron chi connectivity index (χ1n) is 6.54. The molecule has 0 bridgehead atoms. The minimum Gasteiger partial charge on any atom is -0.348 e. The Kier molecular flexibility index (Phi) is 5.22. The summed E-state index contributed by atoms with van der Waals surface area (Å²) in [6.07, 6.45) is 6.41. The maximum absolute atomic E-state index is 5.76. The second kappa shape index (κ2) is 5.99. The van der Waals surface area contributed by atoms with Gasteiger partial charge in [0.15, 0.2) is 0 Å². The summed E-state index contributed by atoms with van der Waals surface area (Å²) in [4.78, 5) is 11.2. The zero-order chi connectivity index (χ0) is 12.1. The molecule has 0 N–H and O–H groups in total. The van der Waals surface area contributed by atoms with E-state index in [4.69, 9.17) is 14.5 Å². The van der Waals surface area contributed by atoms with Crippen molar-refractivity contribution in [2.45, 2.75) is 77.6 Å². The molecule has 1 fully saturated rings. The van der Waals surface area contributed by atoms with E-state index in [0.717, 1.165) is 32.1 Å². The van der Waals surface area contributed by atoms with Gasteiger partial charge in [0.1, 0.15) is 0 Å². The van der Waals surface area contributed by atoms with Gasteiger partial charge in [0.05, 0.1) is 5.60 Å². The minimum absolute atomic E-state index is 0.235. The molecular weight excluding hydrogens is 204 g/mol. The monoisotopic (exact) mass is 230 g/mol. The van der Waals surface area contributed by atoms with Crippen LogP contribution < -0.4 is 0 Å². The third kappa shape index (κ3) is 4.04. The fourth-order valence-corrected chi connectivity index (χ4v) is 1.85. The van der Waals surface area contributed by atoms with E-state index in [-0.39, 0.29) is 5.60 Å². The van der Waals surface area contributed by atoms with Crippen molar-refractivity contribution in [3.63, 3.8) is 0 Å². The Labute approximate surface area is 99.4 Å². The highest BCUT2D eigenvalue weighted by Gasteiger charge is 2.36. The number of hydrogen-bond acceptors (Lipinski definition) is 3. The second-order valence-corrected chi connectivity index (χ2v) is 5.18. The van der Waals surface area contributed by atoms with Gasteiger partial charge in [0, 0.05) is 19.4 Å². The smallest absolute Gasteiger partial charge is 0.201 e. The Morgan fingerprint density at radius 1 is 1.06 bits per heavy atom. The van der Waals surface area contributed by atoms with E-state index in [1.807, 2.05) is 20.8 Å². The van der Waals surface area contributed by atoms with Crippen molar-refractivity contribution in [1.29, 1.82) is 0 Å². The van der Waals surface area contributed by atoms with Gasteiger partial charge in [-0.3, -0.25) is 0 Å². The molecule has 0 aromatic carbocycles. The molecule has 0 saturated heterocycles. The summed E-state index contributed by atoms with van der Waals surface area (Å²) in [5.41, 5.74) is -0.235. The van der Waals surface area contributed by atoms with Crippen molar-refractivity contribution in [2.75, 3.05) is 6.61 Å². The topological polar surface area (TPSA) is 27.7 Å². The fraction of sp³-hybridized carbons (Fsp3) is 1.00. The lowest BCUT2D eigenvalue weighted by Crippen LogP contribution is -2.41. The summed E-state index contributed by atoms with van der Waals surface area (Å²) < 4.78 is 5.76. The SMILES string of the molecule is CCOC1(OOC(C)(C)CC)CCCCC1. The maximum Gasteiger partial charge on any atom is 0.201 e. The third-order valence-electron chi connectivity index (χ3n) is 3.29. The van der Waals surface area contributed by atoms with E-state index in [9.17, 15) is 0 Å². The van der Waals surface area contributed by atoms with Gasteiger partial charge in [-0.15, -0.1) is 0 Å². The quantitative estimate of drug-likeness (QED) is 0.394. The Balaban J connectivity index is 2.50. The summed E-state index contributed by atoms with van der Waals surface area (Å²) in [6, 6.07) is 0. The zero-order valence-corrected chi connectivity index (χ0v) is 11.2. The van der Waals surface area contributed by atoms with Crippen LogP contribution in [0.4, 0.5) is 0 Å². The molecular formula is C13H26O3. The molecule has 16 heavy (non-hydrogen) atoms. The number of hydrogen-bond donors (Lipinski definition) is 0. The van der Waals surface area contributed by atoms with E-state index >= 15 is 0 Å². The van der Waals surface area contributed by atoms with Crippen molar-refractivity contribution in [1.82, 2.24) is 0 Å². The molecule has 1 saturated carbocycles. The van der Waals surface area contributed by atoms with E-state index < -0.39 is 5.79 Å². The molecule has 1 rings (SSSR count). The summed E-state index contributed by atoms with van der Waals surface area (Å²) in [6.45, 7) is 8.85. The third-order valence-corrected chi connectivity index (χ3v) is 3.29. The van der Waals surface area contributed by atoms with Crippen LogP contribution in [0, 0.1) is 0 Å². The molecule has 1 aliphatic carbocycles. The van der Waals surface area contributed by atoms with Gasteiger partial charge in [-0.2, -0.15) is 0 Å². The predicted octanol–water partition coefficient (Wildman–Crippen LogP) is 3.82. The first-order valence-corrected chi connectivity index (χ1v) is 6.54. The van der Waals surface area contributed by atoms with Crippen molar-refractivity contribution in [3.05, 3.63) is 0 Å². The van der Waals surface area contributed by atoms with Gasteiger partial charge >= 0.3 is 0 Å². The van der Waals surface area contributed by atoms with Crippen LogP contribution in [0.3, 0.4) is 0 Å². The van der Waals surface area contributed by atoms with Crippen LogP contribution >= 0.6 is 0 Å². The summed E-state index contributed by atoms with van der Waals surface area (Å²) in [5, 5.41) is 0. The lowest BCUT2D eigenvalue weighted by Gasteiger charge is -2.37. The predicted molar refractivity (Wildman–Crippen MR) is 64.0 cm³/mol. The van der Waals surface area contributed by atoms with E-state index in [1.54, 1.807) is 0 Å². The second-order valence-electron chi connectivity index (χ2n) is 5.18. The van der Waals surface area contributed by atoms with Crippen LogP contribution in [0.25, 0.3) is 0 Å². The van der Waals surface area contributed by atoms with Gasteiger partial charge in [-0.05, 0) is 40.0 Å². The van der Waals surface area contributed by atoms with Gasteiger partial charge in [0.2, 0.25) is 5.79 Å². The van der Waals surface area contributed by atoms with Crippen LogP contribution in [-0.2, 0) is 14.5 Å². The molecule has 0 radical (unpaired) electrons. The van der Waals surface area contributed by atoms with Crippen LogP contribution in [0.5, 0.6) is 0 Å². The lowest BCUT2D eigenvalue weighted by atomic mass is 9.94. The highest BCUT2D eigenvalue weighted by Crippen LogP contribution is 2.34. The van der Waals surface area contributed by atoms with Crippen molar-refractivity contribution in [2.24, 2.45) is 0 Å². The molecule has 0 aromatic rings. The molecule has 0 spiro atoms. The summed E-state index contributed by atoms with van der Waals surface area (Å²) >= 11 is 0. The molecule has 0 heterocycles. The number of ether oxygens (including phenoxy) is 1. The Hall–Kier alpha value is -0.120. The Morgan fingerprint density at radius 2 is 1.69 bits per heavy atom. The van der Waals surface area contributed by atoms with Gasteiger partial charge < -0.3 is 4.74 Å². The first-order chi connectivity index (χ1) is 7.54. The van der Waals surface area contributed by atoms with Crippen LogP contribution in [0.1, 0.15) is 66.2 Å². The van der Waals surface area contributed by atoms with E-state index in [0.29, 0.717) is 6.61 Å². The van der Waals surface area contributed by atoms with Gasteiger partial charge in [0.25, 0.3) is 0 Å². The van der Waals surface area contributed by atoms with Crippen molar-refractivity contribution < 1.29 is 14.5 Å². The molecule has 0 unspecified atom stereocenters. The first kappa shape index (κ1) is 13.9. The zero-order valence-electron chi connectivity index (χ0n) is 11.2.